The average molecular weight is 969 g/mol. The van der Waals surface area contributed by atoms with Gasteiger partial charge in [0.2, 0.25) is 11.8 Å². The van der Waals surface area contributed by atoms with E-state index in [0.29, 0.717) is 46.9 Å². The van der Waals surface area contributed by atoms with Crippen molar-refractivity contribution in [3.63, 3.8) is 0 Å². The largest absolute Gasteiger partial charge is 0.489 e. The van der Waals surface area contributed by atoms with Gasteiger partial charge in [-0.05, 0) is 72.6 Å². The Hall–Kier alpha value is -5.54. The van der Waals surface area contributed by atoms with E-state index >= 15 is 0 Å². The molecule has 0 fully saturated rings. The molecular weight excluding hydrogens is 943 g/mol. The van der Waals surface area contributed by atoms with E-state index in [1.807, 2.05) is 18.2 Å². The molecule has 302 valence electrons. The Morgan fingerprint density at radius 1 is 0.650 bits per heavy atom. The number of fused-ring (bicyclic) bond motifs is 2. The Balaban J connectivity index is 0.000000167. The SMILES string of the molecule is C[B]On1nc(-c2ccccc2Cl)c2cnc(Oc3ccc(F)cc3F)cc21.C[B]On1nc(I)c2cnc(Oc3ccc(F)cc3F)cc21.OB(O)c1ccccc1Cl. The van der Waals surface area contributed by atoms with E-state index in [1.165, 1.54) is 43.0 Å². The van der Waals surface area contributed by atoms with Crippen LogP contribution in [0.1, 0.15) is 0 Å². The number of pyridine rings is 2. The first-order valence-electron chi connectivity index (χ1n) is 17.3. The van der Waals surface area contributed by atoms with Gasteiger partial charge in [0, 0.05) is 52.7 Å². The molecule has 60 heavy (non-hydrogen) atoms. The number of benzene rings is 4. The van der Waals surface area contributed by atoms with E-state index < -0.39 is 30.4 Å². The summed E-state index contributed by atoms with van der Waals surface area (Å²) in [6.45, 7) is 3.42. The van der Waals surface area contributed by atoms with Gasteiger partial charge in [-0.2, -0.15) is 0 Å². The highest BCUT2D eigenvalue weighted by Gasteiger charge is 2.19. The minimum atomic E-state index is -1.48. The van der Waals surface area contributed by atoms with Gasteiger partial charge in [-0.1, -0.05) is 59.6 Å². The molecule has 8 aromatic rings. The highest BCUT2D eigenvalue weighted by atomic mass is 127. The quantitative estimate of drug-likeness (QED) is 0.0785. The van der Waals surface area contributed by atoms with E-state index in [4.69, 9.17) is 52.2 Å². The van der Waals surface area contributed by atoms with Crippen LogP contribution < -0.4 is 24.4 Å². The number of halogens is 7. The second-order valence-electron chi connectivity index (χ2n) is 11.9. The number of rotatable bonds is 10. The molecule has 0 spiro atoms. The topological polar surface area (TPSA) is 139 Å². The molecule has 4 aromatic heterocycles. The van der Waals surface area contributed by atoms with Gasteiger partial charge in [0.1, 0.15) is 32.1 Å². The first-order valence-corrected chi connectivity index (χ1v) is 19.1. The highest BCUT2D eigenvalue weighted by molar-refractivity contribution is 14.1. The van der Waals surface area contributed by atoms with Gasteiger partial charge in [-0.25, -0.2) is 27.5 Å². The van der Waals surface area contributed by atoms with Gasteiger partial charge in [0.05, 0.1) is 15.8 Å². The van der Waals surface area contributed by atoms with Crippen molar-refractivity contribution >= 4 is 95.1 Å². The van der Waals surface area contributed by atoms with Gasteiger partial charge < -0.3 is 29.0 Å². The molecule has 22 heteroatoms. The van der Waals surface area contributed by atoms with Crippen LogP contribution in [0.4, 0.5) is 17.6 Å². The van der Waals surface area contributed by atoms with E-state index in [9.17, 15) is 17.6 Å². The lowest BCUT2D eigenvalue weighted by Gasteiger charge is -2.07. The Kier molecular flexibility index (Phi) is 14.8. The van der Waals surface area contributed by atoms with Crippen molar-refractivity contribution in [3.05, 3.63) is 146 Å². The molecular formula is C38H26B3Cl2F4IN6O6. The van der Waals surface area contributed by atoms with Crippen molar-refractivity contribution in [1.82, 2.24) is 29.9 Å². The van der Waals surface area contributed by atoms with Crippen LogP contribution in [0.15, 0.2) is 109 Å². The first-order chi connectivity index (χ1) is 28.9. The third kappa shape index (κ3) is 10.6. The summed E-state index contributed by atoms with van der Waals surface area (Å²) in [7, 11) is 1.46. The predicted octanol–water partition coefficient (Wildman–Crippen LogP) is 8.14. The second-order valence-corrected chi connectivity index (χ2v) is 13.7. The third-order valence-electron chi connectivity index (χ3n) is 7.91. The van der Waals surface area contributed by atoms with Crippen molar-refractivity contribution in [3.8, 4) is 34.5 Å². The van der Waals surface area contributed by atoms with E-state index in [1.54, 1.807) is 62.3 Å². The lowest BCUT2D eigenvalue weighted by molar-refractivity contribution is 0.260. The number of nitrogens with zero attached hydrogens (tertiary/aromatic N) is 6. The second kappa shape index (κ2) is 20.1. The van der Waals surface area contributed by atoms with Crippen LogP contribution in [0, 0.1) is 27.0 Å². The zero-order valence-corrected chi connectivity index (χ0v) is 34.7. The number of hydrogen-bond donors (Lipinski definition) is 2. The zero-order valence-electron chi connectivity index (χ0n) is 31.0. The van der Waals surface area contributed by atoms with Crippen LogP contribution >= 0.6 is 45.8 Å². The average Bonchev–Trinajstić information content (AvgIpc) is 3.73. The Bertz CT molecular complexity index is 2780. The van der Waals surface area contributed by atoms with Crippen molar-refractivity contribution in [2.24, 2.45) is 0 Å². The van der Waals surface area contributed by atoms with Gasteiger partial charge in [0.25, 0.3) is 0 Å². The lowest BCUT2D eigenvalue weighted by Crippen LogP contribution is -2.30. The predicted molar refractivity (Wildman–Crippen MR) is 229 cm³/mol. The fourth-order valence-corrected chi connectivity index (χ4v) is 6.32. The molecule has 0 amide bonds. The fraction of sp³-hybridized carbons (Fsp3) is 0.0526. The molecule has 0 aliphatic carbocycles. The summed E-state index contributed by atoms with van der Waals surface area (Å²) in [5, 5.41) is 28.3. The highest BCUT2D eigenvalue weighted by Crippen LogP contribution is 2.34. The zero-order chi connectivity index (χ0) is 42.9. The summed E-state index contributed by atoms with van der Waals surface area (Å²) in [5.74, 6) is -3.01. The Morgan fingerprint density at radius 3 is 1.65 bits per heavy atom. The van der Waals surface area contributed by atoms with Crippen LogP contribution in [0.25, 0.3) is 33.1 Å². The maximum absolute atomic E-state index is 13.9. The molecule has 4 aromatic carbocycles. The molecule has 0 saturated carbocycles. The van der Waals surface area contributed by atoms with Gasteiger partial charge in [-0.15, -0.1) is 19.9 Å². The van der Waals surface area contributed by atoms with E-state index in [0.717, 1.165) is 29.7 Å². The molecule has 12 nitrogen and oxygen atoms in total. The third-order valence-corrected chi connectivity index (χ3v) is 9.38. The molecule has 2 N–H and O–H groups in total. The van der Waals surface area contributed by atoms with E-state index in [-0.39, 0.29) is 23.3 Å². The minimum absolute atomic E-state index is 0.101. The number of aromatic nitrogens is 6. The summed E-state index contributed by atoms with van der Waals surface area (Å²) in [4.78, 5) is 10.9. The van der Waals surface area contributed by atoms with Crippen molar-refractivity contribution in [2.75, 3.05) is 0 Å². The monoisotopic (exact) mass is 968 g/mol. The molecule has 0 saturated heterocycles. The maximum atomic E-state index is 13.9. The molecule has 0 unspecified atom stereocenters. The van der Waals surface area contributed by atoms with Crippen molar-refractivity contribution in [2.45, 2.75) is 13.6 Å². The summed E-state index contributed by atoms with van der Waals surface area (Å²) in [5.41, 5.74) is 2.79. The standard InChI is InChI=1S/C19H12BClF2N3O2.C13H8BF2IN3O2.C6H6BClO2/c1-20-28-26-16-9-18(27-17-7-6-11(22)8-15(17)23)24-10-13(16)19(25-26)12-4-2-3-5-14(12)21;1-14-22-20-10-5-12(18-6-8(10)13(17)19-20)21-11-3-2-7(15)4-9(11)16;8-6-4-2-1-3-5(6)7(9)10/h2-10H,1H3;2-6H,1H3;1-4,9-10H. The molecule has 0 aliphatic heterocycles. The fourth-order valence-electron chi connectivity index (χ4n) is 5.25. The summed E-state index contributed by atoms with van der Waals surface area (Å²) in [6, 6.07) is 23.1. The van der Waals surface area contributed by atoms with Gasteiger partial charge in [0.15, 0.2) is 23.1 Å². The number of hydrogen-bond acceptors (Lipinski definition) is 10. The molecule has 4 heterocycles. The van der Waals surface area contributed by atoms with Gasteiger partial charge in [-0.3, -0.25) is 0 Å². The summed E-state index contributed by atoms with van der Waals surface area (Å²) in [6.07, 6.45) is 3.09. The summed E-state index contributed by atoms with van der Waals surface area (Å²) < 4.78 is 75.7. The van der Waals surface area contributed by atoms with Crippen molar-refractivity contribution in [1.29, 1.82) is 0 Å². The molecule has 0 bridgehead atoms. The van der Waals surface area contributed by atoms with Gasteiger partial charge >= 0.3 is 22.1 Å². The molecule has 0 aliphatic rings. The van der Waals surface area contributed by atoms with Crippen molar-refractivity contribution < 1.29 is 46.6 Å². The maximum Gasteiger partial charge on any atom is 0.489 e. The minimum Gasteiger partial charge on any atom is -0.475 e. The Morgan fingerprint density at radius 2 is 1.15 bits per heavy atom. The van der Waals surface area contributed by atoms with Crippen LogP contribution in [0.5, 0.6) is 23.3 Å². The number of ether oxygens (including phenoxy) is 2. The first kappa shape index (κ1) is 44.0. The molecule has 8 rings (SSSR count). The van der Waals surface area contributed by atoms with Crippen LogP contribution in [0.3, 0.4) is 0 Å². The van der Waals surface area contributed by atoms with Crippen LogP contribution in [-0.4, -0.2) is 62.0 Å². The Labute approximate surface area is 364 Å². The van der Waals surface area contributed by atoms with Crippen LogP contribution in [-0.2, 0) is 0 Å². The van der Waals surface area contributed by atoms with Crippen LogP contribution in [0.2, 0.25) is 23.7 Å². The lowest BCUT2D eigenvalue weighted by atomic mass is 9.80. The smallest absolute Gasteiger partial charge is 0.475 e. The normalized spacial score (nSPS) is 10.6. The molecule has 2 radical (unpaired) electrons. The summed E-state index contributed by atoms with van der Waals surface area (Å²) >= 11 is 14.0. The van der Waals surface area contributed by atoms with E-state index in [2.05, 4.69) is 42.8 Å². The molecule has 0 atom stereocenters.